The molecule has 7 nitrogen and oxygen atoms in total. The van der Waals surface area contributed by atoms with Gasteiger partial charge in [0.1, 0.15) is 0 Å². The molecule has 0 atom stereocenters. The Morgan fingerprint density at radius 1 is 1.06 bits per heavy atom. The van der Waals surface area contributed by atoms with Crippen molar-refractivity contribution < 1.29 is 24.9 Å². The van der Waals surface area contributed by atoms with Crippen molar-refractivity contribution in [2.45, 2.75) is 0 Å². The van der Waals surface area contributed by atoms with Gasteiger partial charge < -0.3 is 26.0 Å². The average Bonchev–Trinajstić information content (AvgIpc) is 2.27. The molecule has 0 radical (unpaired) electrons. The Labute approximate surface area is 96.7 Å². The van der Waals surface area contributed by atoms with Gasteiger partial charge in [-0.15, -0.1) is 0 Å². The van der Waals surface area contributed by atoms with Crippen LogP contribution in [0.5, 0.6) is 11.5 Å². The summed E-state index contributed by atoms with van der Waals surface area (Å²) in [7, 11) is 0. The minimum atomic E-state index is -1.17. The van der Waals surface area contributed by atoms with E-state index in [4.69, 9.17) is 10.2 Å². The molecule has 0 saturated heterocycles. The number of phenolic OH excluding ortho intramolecular Hbond substituents is 2. The largest absolute Gasteiger partial charge is 0.504 e. The van der Waals surface area contributed by atoms with Gasteiger partial charge in [0.15, 0.2) is 11.5 Å². The number of amides is 2. The molecule has 0 spiro atoms. The fourth-order valence-corrected chi connectivity index (χ4v) is 1.11. The first-order chi connectivity index (χ1) is 8.00. The molecule has 0 fully saturated rings. The number of carboxylic acid groups (broad SMARTS) is 1. The van der Waals surface area contributed by atoms with Gasteiger partial charge in [-0.3, -0.25) is 4.79 Å². The summed E-state index contributed by atoms with van der Waals surface area (Å²) in [6.07, 6.45) is -1.17. The minimum absolute atomic E-state index is 0.0884. The lowest BCUT2D eigenvalue weighted by molar-refractivity contribution is 0.0952. The predicted octanol–water partition coefficient (Wildman–Crippen LogP) is 0.0952. The highest BCUT2D eigenvalue weighted by molar-refractivity contribution is 5.94. The topological polar surface area (TPSA) is 119 Å². The van der Waals surface area contributed by atoms with E-state index >= 15 is 0 Å². The fraction of sp³-hybridized carbons (Fsp3) is 0.200. The third-order valence-electron chi connectivity index (χ3n) is 1.92. The molecule has 5 N–H and O–H groups in total. The number of carbonyl (C=O) groups is 2. The molecular weight excluding hydrogens is 228 g/mol. The van der Waals surface area contributed by atoms with Crippen molar-refractivity contribution in [2.24, 2.45) is 0 Å². The molecule has 0 bridgehead atoms. The second-order valence-electron chi connectivity index (χ2n) is 3.19. The molecule has 1 rings (SSSR count). The van der Waals surface area contributed by atoms with Gasteiger partial charge >= 0.3 is 6.09 Å². The zero-order valence-electron chi connectivity index (χ0n) is 8.80. The van der Waals surface area contributed by atoms with E-state index < -0.39 is 12.0 Å². The predicted molar refractivity (Wildman–Crippen MR) is 58.1 cm³/mol. The summed E-state index contributed by atoms with van der Waals surface area (Å²) < 4.78 is 0. The van der Waals surface area contributed by atoms with Gasteiger partial charge in [-0.25, -0.2) is 4.79 Å². The van der Waals surface area contributed by atoms with Crippen LogP contribution in [0.2, 0.25) is 0 Å². The Morgan fingerprint density at radius 2 is 1.71 bits per heavy atom. The molecule has 0 aliphatic carbocycles. The van der Waals surface area contributed by atoms with Crippen LogP contribution in [-0.2, 0) is 0 Å². The lowest BCUT2D eigenvalue weighted by atomic mass is 10.2. The summed E-state index contributed by atoms with van der Waals surface area (Å²) in [5, 5.41) is 31.0. The summed E-state index contributed by atoms with van der Waals surface area (Å²) in [6, 6.07) is 3.66. The van der Waals surface area contributed by atoms with E-state index in [1.807, 2.05) is 0 Å². The zero-order chi connectivity index (χ0) is 12.8. The van der Waals surface area contributed by atoms with Crippen LogP contribution in [0.3, 0.4) is 0 Å². The Balaban J connectivity index is 2.47. The van der Waals surface area contributed by atoms with E-state index in [0.29, 0.717) is 0 Å². The number of phenols is 2. The summed E-state index contributed by atoms with van der Waals surface area (Å²) >= 11 is 0. The van der Waals surface area contributed by atoms with Crippen molar-refractivity contribution >= 4 is 12.0 Å². The van der Waals surface area contributed by atoms with Crippen molar-refractivity contribution in [3.63, 3.8) is 0 Å². The lowest BCUT2D eigenvalue weighted by Crippen LogP contribution is -2.33. The average molecular weight is 240 g/mol. The molecule has 0 heterocycles. The number of hydrogen-bond donors (Lipinski definition) is 5. The first-order valence-corrected chi connectivity index (χ1v) is 4.77. The van der Waals surface area contributed by atoms with Gasteiger partial charge in [-0.05, 0) is 18.2 Å². The quantitative estimate of drug-likeness (QED) is 0.377. The number of aromatic hydroxyl groups is 2. The standard InChI is InChI=1S/C10H12N2O5/c13-7-2-1-6(5-8(7)14)9(15)11-3-4-12-10(16)17/h1-2,5,12-14H,3-4H2,(H,11,15)(H,16,17). The molecule has 2 amide bonds. The molecule has 92 valence electrons. The molecule has 0 aliphatic heterocycles. The second-order valence-corrected chi connectivity index (χ2v) is 3.19. The van der Waals surface area contributed by atoms with E-state index in [-0.39, 0.29) is 30.2 Å². The summed E-state index contributed by atoms with van der Waals surface area (Å²) in [4.78, 5) is 21.6. The second kappa shape index (κ2) is 5.59. The van der Waals surface area contributed by atoms with Gasteiger partial charge in [-0.2, -0.15) is 0 Å². The van der Waals surface area contributed by atoms with Gasteiger partial charge in [0, 0.05) is 18.7 Å². The van der Waals surface area contributed by atoms with Crippen LogP contribution in [0.1, 0.15) is 10.4 Å². The van der Waals surface area contributed by atoms with Crippen LogP contribution in [0.4, 0.5) is 4.79 Å². The summed E-state index contributed by atoms with van der Waals surface area (Å²) in [5.74, 6) is -1.16. The highest BCUT2D eigenvalue weighted by Crippen LogP contribution is 2.24. The Bertz CT molecular complexity index is 433. The number of nitrogens with one attached hydrogen (secondary N) is 2. The maximum absolute atomic E-state index is 11.5. The van der Waals surface area contributed by atoms with Crippen LogP contribution < -0.4 is 10.6 Å². The summed E-state index contributed by atoms with van der Waals surface area (Å²) in [6.45, 7) is 0.220. The lowest BCUT2D eigenvalue weighted by Gasteiger charge is -2.06. The number of rotatable bonds is 4. The normalized spacial score (nSPS) is 9.65. The minimum Gasteiger partial charge on any atom is -0.504 e. The molecule has 0 unspecified atom stereocenters. The van der Waals surface area contributed by atoms with Crippen molar-refractivity contribution in [3.05, 3.63) is 23.8 Å². The van der Waals surface area contributed by atoms with Gasteiger partial charge in [0.2, 0.25) is 0 Å². The van der Waals surface area contributed by atoms with Crippen LogP contribution in [-0.4, -0.2) is 40.4 Å². The molecule has 0 aliphatic rings. The van der Waals surface area contributed by atoms with Crippen molar-refractivity contribution in [3.8, 4) is 11.5 Å². The van der Waals surface area contributed by atoms with Crippen LogP contribution >= 0.6 is 0 Å². The third kappa shape index (κ3) is 3.90. The van der Waals surface area contributed by atoms with Crippen molar-refractivity contribution in [1.29, 1.82) is 0 Å². The SMILES string of the molecule is O=C(O)NCCNC(=O)c1ccc(O)c(O)c1. The smallest absolute Gasteiger partial charge is 0.404 e. The molecule has 1 aromatic carbocycles. The van der Waals surface area contributed by atoms with Crippen molar-refractivity contribution in [2.75, 3.05) is 13.1 Å². The van der Waals surface area contributed by atoms with Crippen LogP contribution in [0.15, 0.2) is 18.2 Å². The van der Waals surface area contributed by atoms with Gasteiger partial charge in [-0.1, -0.05) is 0 Å². The van der Waals surface area contributed by atoms with E-state index in [1.165, 1.54) is 12.1 Å². The maximum atomic E-state index is 11.5. The number of hydrogen-bond acceptors (Lipinski definition) is 4. The van der Waals surface area contributed by atoms with Gasteiger partial charge in [0.05, 0.1) is 0 Å². The van der Waals surface area contributed by atoms with Crippen molar-refractivity contribution in [1.82, 2.24) is 10.6 Å². The van der Waals surface area contributed by atoms with Gasteiger partial charge in [0.25, 0.3) is 5.91 Å². The maximum Gasteiger partial charge on any atom is 0.404 e. The first-order valence-electron chi connectivity index (χ1n) is 4.77. The highest BCUT2D eigenvalue weighted by atomic mass is 16.4. The molecule has 0 saturated carbocycles. The van der Waals surface area contributed by atoms with Crippen LogP contribution in [0, 0.1) is 0 Å². The molecule has 1 aromatic rings. The molecule has 7 heteroatoms. The highest BCUT2D eigenvalue weighted by Gasteiger charge is 2.08. The monoisotopic (exact) mass is 240 g/mol. The van der Waals surface area contributed by atoms with E-state index in [0.717, 1.165) is 6.07 Å². The molecule has 17 heavy (non-hydrogen) atoms. The van der Waals surface area contributed by atoms with E-state index in [2.05, 4.69) is 10.6 Å². The Hall–Kier alpha value is -2.44. The van der Waals surface area contributed by atoms with Crippen LogP contribution in [0.25, 0.3) is 0 Å². The fourth-order valence-electron chi connectivity index (χ4n) is 1.11. The van der Waals surface area contributed by atoms with E-state index in [9.17, 15) is 14.7 Å². The molecular formula is C10H12N2O5. The Kier molecular flexibility index (Phi) is 4.15. The zero-order valence-corrected chi connectivity index (χ0v) is 8.80. The first kappa shape index (κ1) is 12.6. The van der Waals surface area contributed by atoms with E-state index in [1.54, 1.807) is 0 Å². The Morgan fingerprint density at radius 3 is 2.29 bits per heavy atom. The third-order valence-corrected chi connectivity index (χ3v) is 1.92. The number of carbonyl (C=O) groups excluding carboxylic acids is 1. The molecule has 0 aromatic heterocycles. The summed E-state index contributed by atoms with van der Waals surface area (Å²) in [5.41, 5.74) is 0.177. The number of benzene rings is 1.